The van der Waals surface area contributed by atoms with Crippen molar-refractivity contribution >= 4 is 5.91 Å². The highest BCUT2D eigenvalue weighted by atomic mass is 19.4. The molecule has 4 rings (SSSR count). The Morgan fingerprint density at radius 3 is 2.71 bits per heavy atom. The van der Waals surface area contributed by atoms with Gasteiger partial charge in [-0.1, -0.05) is 0 Å². The van der Waals surface area contributed by atoms with Crippen molar-refractivity contribution in [3.05, 3.63) is 64.7 Å². The molecule has 10 heteroatoms. The van der Waals surface area contributed by atoms with Crippen LogP contribution in [0.25, 0.3) is 0 Å². The van der Waals surface area contributed by atoms with Gasteiger partial charge in [-0.3, -0.25) is 15.0 Å². The lowest BCUT2D eigenvalue weighted by atomic mass is 10.0. The Kier molecular flexibility index (Phi) is 5.71. The first-order chi connectivity index (χ1) is 14.8. The monoisotopic (exact) mass is 433 g/mol. The number of H-pyrrole nitrogens is 2. The molecule has 1 aromatic carbocycles. The van der Waals surface area contributed by atoms with Crippen LogP contribution in [-0.4, -0.2) is 50.9 Å². The van der Waals surface area contributed by atoms with Gasteiger partial charge < -0.3 is 9.64 Å². The van der Waals surface area contributed by atoms with Crippen molar-refractivity contribution in [2.24, 2.45) is 0 Å². The molecule has 0 unspecified atom stereocenters. The zero-order chi connectivity index (χ0) is 22.0. The highest BCUT2D eigenvalue weighted by molar-refractivity contribution is 5.95. The molecule has 3 heterocycles. The van der Waals surface area contributed by atoms with E-state index in [0.29, 0.717) is 37.4 Å². The zero-order valence-corrected chi connectivity index (χ0v) is 16.9. The molecule has 0 bridgehead atoms. The number of nitrogens with one attached hydrogen (secondary N) is 2. The van der Waals surface area contributed by atoms with Crippen LogP contribution in [-0.2, 0) is 12.6 Å². The lowest BCUT2D eigenvalue weighted by molar-refractivity contribution is -0.137. The normalized spacial score (nSPS) is 16.6. The first kappa shape index (κ1) is 21.0. The van der Waals surface area contributed by atoms with E-state index in [1.54, 1.807) is 6.20 Å². The molecule has 1 aliphatic heterocycles. The standard InChI is InChI=1S/C21H22F3N5O2/c1-13-18(11-25-26-13)20(30)29-8-6-14(12-29)19-10-16(27-28-19)7-9-31-17-4-2-15(3-5-17)21(22,23)24/h2-5,10-11,14H,6-9,12H2,1H3,(H,25,26)(H,27,28)/t14-/m1/s1. The summed E-state index contributed by atoms with van der Waals surface area (Å²) in [6, 6.07) is 6.58. The van der Waals surface area contributed by atoms with Crippen LogP contribution < -0.4 is 4.74 Å². The minimum absolute atomic E-state index is 0.0329. The SMILES string of the molecule is Cc1[nH]ncc1C(=O)N1CC[C@@H](c2cc(CCOc3ccc(C(F)(F)F)cc3)[nH]n2)C1. The van der Waals surface area contributed by atoms with E-state index in [9.17, 15) is 18.0 Å². The van der Waals surface area contributed by atoms with Crippen LogP contribution >= 0.6 is 0 Å². The number of aryl methyl sites for hydroxylation is 1. The van der Waals surface area contributed by atoms with Crippen molar-refractivity contribution in [2.45, 2.75) is 31.9 Å². The van der Waals surface area contributed by atoms with Crippen LogP contribution in [0.3, 0.4) is 0 Å². The molecule has 0 spiro atoms. The second kappa shape index (κ2) is 8.44. The Hall–Kier alpha value is -3.30. The van der Waals surface area contributed by atoms with Gasteiger partial charge in [0.2, 0.25) is 0 Å². The highest BCUT2D eigenvalue weighted by Crippen LogP contribution is 2.30. The summed E-state index contributed by atoms with van der Waals surface area (Å²) >= 11 is 0. The summed E-state index contributed by atoms with van der Waals surface area (Å²) in [4.78, 5) is 14.4. The average molecular weight is 433 g/mol. The predicted molar refractivity (Wildman–Crippen MR) is 106 cm³/mol. The van der Waals surface area contributed by atoms with Gasteiger partial charge >= 0.3 is 6.18 Å². The van der Waals surface area contributed by atoms with E-state index in [1.165, 1.54) is 12.1 Å². The Balaban J connectivity index is 1.28. The van der Waals surface area contributed by atoms with Crippen LogP contribution in [0.4, 0.5) is 13.2 Å². The molecule has 31 heavy (non-hydrogen) atoms. The number of hydrogen-bond donors (Lipinski definition) is 2. The van der Waals surface area contributed by atoms with Crippen LogP contribution in [0.15, 0.2) is 36.5 Å². The number of aromatic amines is 2. The van der Waals surface area contributed by atoms with E-state index in [-0.39, 0.29) is 11.8 Å². The summed E-state index contributed by atoms with van der Waals surface area (Å²) < 4.78 is 43.3. The molecule has 0 radical (unpaired) electrons. The molecule has 1 aliphatic rings. The maximum Gasteiger partial charge on any atom is 0.416 e. The van der Waals surface area contributed by atoms with Crippen molar-refractivity contribution in [3.8, 4) is 5.75 Å². The number of amides is 1. The van der Waals surface area contributed by atoms with Gasteiger partial charge in [-0.25, -0.2) is 0 Å². The van der Waals surface area contributed by atoms with Crippen molar-refractivity contribution in [1.82, 2.24) is 25.3 Å². The number of carbonyl (C=O) groups excluding carboxylic acids is 1. The van der Waals surface area contributed by atoms with Gasteiger partial charge in [0.05, 0.1) is 29.6 Å². The fraction of sp³-hybridized carbons (Fsp3) is 0.381. The topological polar surface area (TPSA) is 86.9 Å². The van der Waals surface area contributed by atoms with Crippen molar-refractivity contribution in [3.63, 3.8) is 0 Å². The fourth-order valence-electron chi connectivity index (χ4n) is 3.66. The third-order valence-electron chi connectivity index (χ3n) is 5.43. The molecule has 0 saturated carbocycles. The molecular formula is C21H22F3N5O2. The maximum atomic E-state index is 12.6. The van der Waals surface area contributed by atoms with E-state index in [4.69, 9.17) is 4.74 Å². The Morgan fingerprint density at radius 2 is 2.03 bits per heavy atom. The second-order valence-corrected chi connectivity index (χ2v) is 7.58. The van der Waals surface area contributed by atoms with Crippen molar-refractivity contribution < 1.29 is 22.7 Å². The van der Waals surface area contributed by atoms with Gasteiger partial charge in [-0.05, 0) is 43.7 Å². The molecule has 2 N–H and O–H groups in total. The number of aromatic nitrogens is 4. The molecule has 164 valence electrons. The molecule has 7 nitrogen and oxygen atoms in total. The molecular weight excluding hydrogens is 411 g/mol. The third kappa shape index (κ3) is 4.73. The second-order valence-electron chi connectivity index (χ2n) is 7.58. The minimum atomic E-state index is -4.36. The Labute approximate surface area is 176 Å². The number of alkyl halides is 3. The maximum absolute atomic E-state index is 12.6. The quantitative estimate of drug-likeness (QED) is 0.621. The summed E-state index contributed by atoms with van der Waals surface area (Å²) in [5.41, 5.74) is 2.40. The summed E-state index contributed by atoms with van der Waals surface area (Å²) in [5.74, 6) is 0.499. The minimum Gasteiger partial charge on any atom is -0.493 e. The first-order valence-corrected chi connectivity index (χ1v) is 9.95. The molecule has 1 fully saturated rings. The van der Waals surface area contributed by atoms with Crippen LogP contribution in [0.2, 0.25) is 0 Å². The number of likely N-dealkylation sites (tertiary alicyclic amines) is 1. The van der Waals surface area contributed by atoms with Crippen LogP contribution in [0.1, 0.15) is 45.3 Å². The number of halogens is 3. The number of ether oxygens (including phenoxy) is 1. The number of hydrogen-bond acceptors (Lipinski definition) is 4. The smallest absolute Gasteiger partial charge is 0.416 e. The van der Waals surface area contributed by atoms with Gasteiger partial charge in [0.25, 0.3) is 5.91 Å². The predicted octanol–water partition coefficient (Wildman–Crippen LogP) is 3.71. The van der Waals surface area contributed by atoms with E-state index in [2.05, 4.69) is 20.4 Å². The molecule has 2 aromatic heterocycles. The molecule has 3 aromatic rings. The largest absolute Gasteiger partial charge is 0.493 e. The zero-order valence-electron chi connectivity index (χ0n) is 16.9. The van der Waals surface area contributed by atoms with E-state index >= 15 is 0 Å². The summed E-state index contributed by atoms with van der Waals surface area (Å²) in [7, 11) is 0. The summed E-state index contributed by atoms with van der Waals surface area (Å²) in [6.07, 6.45) is -1.44. The average Bonchev–Trinajstić information content (AvgIpc) is 3.48. The number of nitrogens with zero attached hydrogens (tertiary/aromatic N) is 3. The van der Waals surface area contributed by atoms with E-state index < -0.39 is 11.7 Å². The third-order valence-corrected chi connectivity index (χ3v) is 5.43. The lowest BCUT2D eigenvalue weighted by Crippen LogP contribution is -2.28. The van der Waals surface area contributed by atoms with Gasteiger partial charge in [-0.15, -0.1) is 0 Å². The van der Waals surface area contributed by atoms with Crippen LogP contribution in [0, 0.1) is 6.92 Å². The van der Waals surface area contributed by atoms with Gasteiger partial charge in [0.1, 0.15) is 5.75 Å². The van der Waals surface area contributed by atoms with E-state index in [0.717, 1.165) is 35.6 Å². The molecule has 1 saturated heterocycles. The van der Waals surface area contributed by atoms with Gasteiger partial charge in [0, 0.05) is 36.8 Å². The number of rotatable bonds is 6. The summed E-state index contributed by atoms with van der Waals surface area (Å²) in [6.45, 7) is 3.38. The van der Waals surface area contributed by atoms with Gasteiger partial charge in [-0.2, -0.15) is 23.4 Å². The van der Waals surface area contributed by atoms with Crippen molar-refractivity contribution in [2.75, 3.05) is 19.7 Å². The summed E-state index contributed by atoms with van der Waals surface area (Å²) in [5, 5.41) is 14.0. The lowest BCUT2D eigenvalue weighted by Gasteiger charge is -2.15. The number of benzene rings is 1. The van der Waals surface area contributed by atoms with Crippen molar-refractivity contribution in [1.29, 1.82) is 0 Å². The van der Waals surface area contributed by atoms with E-state index in [1.807, 2.05) is 17.9 Å². The first-order valence-electron chi connectivity index (χ1n) is 9.95. The molecule has 0 aliphatic carbocycles. The fourth-order valence-corrected chi connectivity index (χ4v) is 3.66. The molecule has 1 amide bonds. The Morgan fingerprint density at radius 1 is 1.26 bits per heavy atom. The van der Waals surface area contributed by atoms with Crippen LogP contribution in [0.5, 0.6) is 5.75 Å². The molecule has 1 atom stereocenters. The Bertz CT molecular complexity index is 1040. The van der Waals surface area contributed by atoms with Gasteiger partial charge in [0.15, 0.2) is 0 Å². The number of carbonyl (C=O) groups is 1. The highest BCUT2D eigenvalue weighted by Gasteiger charge is 2.31.